The van der Waals surface area contributed by atoms with E-state index < -0.39 is 0 Å². The Morgan fingerprint density at radius 1 is 1.35 bits per heavy atom. The van der Waals surface area contributed by atoms with Gasteiger partial charge in [-0.05, 0) is 24.6 Å². The van der Waals surface area contributed by atoms with Gasteiger partial charge < -0.3 is 0 Å². The maximum absolute atomic E-state index is 11.8. The summed E-state index contributed by atoms with van der Waals surface area (Å²) in [6.45, 7) is 1.89. The van der Waals surface area contributed by atoms with Crippen molar-refractivity contribution in [2.24, 2.45) is 7.05 Å². The van der Waals surface area contributed by atoms with Crippen LogP contribution in [0.4, 0.5) is 0 Å². The Balaban J connectivity index is 2.32. The predicted molar refractivity (Wildman–Crippen MR) is 64.7 cm³/mol. The van der Waals surface area contributed by atoms with E-state index in [2.05, 4.69) is 11.2 Å². The van der Waals surface area contributed by atoms with Crippen LogP contribution in [0.1, 0.15) is 22.4 Å². The molecule has 0 fully saturated rings. The lowest BCUT2D eigenvalue weighted by atomic mass is 10.0. The molecule has 0 aliphatic carbocycles. The Kier molecular flexibility index (Phi) is 2.84. The Morgan fingerprint density at radius 3 is 2.47 bits per heavy atom. The molecule has 4 heteroatoms. The number of rotatable bonds is 2. The standard InChI is InChI=1S/C13H13N3O/c1-9-12(13(17)16(2)15-9)7-10-3-5-11(8-14)6-4-10/h3-6,15H,7H2,1-2H3. The second-order valence-corrected chi connectivity index (χ2v) is 4.07. The number of hydrogen-bond donors (Lipinski definition) is 1. The first-order chi connectivity index (χ1) is 8.11. The maximum atomic E-state index is 11.8. The van der Waals surface area contributed by atoms with Crippen molar-refractivity contribution in [2.75, 3.05) is 0 Å². The molecule has 0 radical (unpaired) electrons. The lowest BCUT2D eigenvalue weighted by molar-refractivity contribution is 0.730. The Hall–Kier alpha value is -2.28. The molecule has 0 saturated carbocycles. The van der Waals surface area contributed by atoms with Gasteiger partial charge in [-0.3, -0.25) is 14.6 Å². The number of benzene rings is 1. The predicted octanol–water partition coefficient (Wildman–Crippen LogP) is 1.48. The first-order valence-electron chi connectivity index (χ1n) is 5.35. The van der Waals surface area contributed by atoms with E-state index in [1.54, 1.807) is 19.2 Å². The van der Waals surface area contributed by atoms with Crippen molar-refractivity contribution < 1.29 is 0 Å². The second kappa shape index (κ2) is 4.30. The average molecular weight is 227 g/mol. The van der Waals surface area contributed by atoms with Gasteiger partial charge in [0, 0.05) is 24.7 Å². The van der Waals surface area contributed by atoms with Gasteiger partial charge in [-0.25, -0.2) is 0 Å². The summed E-state index contributed by atoms with van der Waals surface area (Å²) in [4.78, 5) is 11.8. The van der Waals surface area contributed by atoms with Crippen molar-refractivity contribution >= 4 is 0 Å². The molecular weight excluding hydrogens is 214 g/mol. The lowest BCUT2D eigenvalue weighted by Crippen LogP contribution is -2.15. The largest absolute Gasteiger partial charge is 0.300 e. The SMILES string of the molecule is Cc1[nH]n(C)c(=O)c1Cc1ccc(C#N)cc1. The molecule has 2 rings (SSSR count). The normalized spacial score (nSPS) is 10.2. The minimum absolute atomic E-state index is 0.00635. The number of nitriles is 1. The quantitative estimate of drug-likeness (QED) is 0.844. The highest BCUT2D eigenvalue weighted by molar-refractivity contribution is 5.34. The van der Waals surface area contributed by atoms with Crippen LogP contribution in [0.15, 0.2) is 29.1 Å². The molecule has 2 aromatic rings. The molecule has 0 saturated heterocycles. The number of aryl methyl sites for hydroxylation is 2. The van der Waals surface area contributed by atoms with Gasteiger partial charge in [-0.1, -0.05) is 12.1 Å². The van der Waals surface area contributed by atoms with Gasteiger partial charge in [0.25, 0.3) is 5.56 Å². The Bertz CT molecular complexity index is 626. The molecule has 0 atom stereocenters. The summed E-state index contributed by atoms with van der Waals surface area (Å²) in [7, 11) is 1.71. The van der Waals surface area contributed by atoms with E-state index in [0.29, 0.717) is 12.0 Å². The van der Waals surface area contributed by atoms with E-state index in [1.807, 2.05) is 19.1 Å². The molecule has 0 spiro atoms. The molecule has 0 aliphatic heterocycles. The fraction of sp³-hybridized carbons (Fsp3) is 0.231. The maximum Gasteiger partial charge on any atom is 0.269 e. The average Bonchev–Trinajstić information content (AvgIpc) is 2.57. The summed E-state index contributed by atoms with van der Waals surface area (Å²) in [6, 6.07) is 9.36. The molecule has 1 aromatic heterocycles. The van der Waals surface area contributed by atoms with Crippen LogP contribution >= 0.6 is 0 Å². The molecule has 0 amide bonds. The van der Waals surface area contributed by atoms with E-state index >= 15 is 0 Å². The Morgan fingerprint density at radius 2 is 2.00 bits per heavy atom. The first-order valence-corrected chi connectivity index (χ1v) is 5.35. The third-order valence-corrected chi connectivity index (χ3v) is 2.81. The van der Waals surface area contributed by atoms with Crippen LogP contribution < -0.4 is 5.56 Å². The lowest BCUT2D eigenvalue weighted by Gasteiger charge is -1.99. The molecular formula is C13H13N3O. The van der Waals surface area contributed by atoms with Gasteiger partial charge in [0.2, 0.25) is 0 Å². The number of hydrogen-bond acceptors (Lipinski definition) is 2. The van der Waals surface area contributed by atoms with Crippen molar-refractivity contribution in [1.82, 2.24) is 9.78 Å². The summed E-state index contributed by atoms with van der Waals surface area (Å²) in [6.07, 6.45) is 0.591. The zero-order valence-electron chi connectivity index (χ0n) is 9.82. The minimum Gasteiger partial charge on any atom is -0.300 e. The summed E-state index contributed by atoms with van der Waals surface area (Å²) >= 11 is 0. The van der Waals surface area contributed by atoms with Crippen LogP contribution in [0.5, 0.6) is 0 Å². The van der Waals surface area contributed by atoms with Gasteiger partial charge in [0.05, 0.1) is 11.6 Å². The van der Waals surface area contributed by atoms with E-state index in [0.717, 1.165) is 16.8 Å². The van der Waals surface area contributed by atoms with Crippen molar-refractivity contribution in [3.05, 3.63) is 57.0 Å². The van der Waals surface area contributed by atoms with Crippen molar-refractivity contribution in [3.63, 3.8) is 0 Å². The number of aromatic nitrogens is 2. The van der Waals surface area contributed by atoms with Crippen molar-refractivity contribution in [2.45, 2.75) is 13.3 Å². The van der Waals surface area contributed by atoms with E-state index in [4.69, 9.17) is 5.26 Å². The summed E-state index contributed by atoms with van der Waals surface area (Å²) < 4.78 is 1.48. The second-order valence-electron chi connectivity index (χ2n) is 4.07. The van der Waals surface area contributed by atoms with Gasteiger partial charge in [0.15, 0.2) is 0 Å². The molecule has 1 N–H and O–H groups in total. The third-order valence-electron chi connectivity index (χ3n) is 2.81. The summed E-state index contributed by atoms with van der Waals surface area (Å²) in [5.74, 6) is 0. The van der Waals surface area contributed by atoms with Crippen molar-refractivity contribution in [3.8, 4) is 6.07 Å². The molecule has 17 heavy (non-hydrogen) atoms. The molecule has 86 valence electrons. The van der Waals surface area contributed by atoms with Gasteiger partial charge in [-0.2, -0.15) is 5.26 Å². The van der Waals surface area contributed by atoms with Crippen LogP contribution in [0, 0.1) is 18.3 Å². The zero-order valence-corrected chi connectivity index (χ0v) is 9.82. The molecule has 1 aromatic carbocycles. The number of aromatic amines is 1. The van der Waals surface area contributed by atoms with E-state index in [-0.39, 0.29) is 5.56 Å². The monoisotopic (exact) mass is 227 g/mol. The highest BCUT2D eigenvalue weighted by atomic mass is 16.1. The van der Waals surface area contributed by atoms with Crippen LogP contribution in [-0.2, 0) is 13.5 Å². The van der Waals surface area contributed by atoms with Crippen LogP contribution in [0.2, 0.25) is 0 Å². The number of nitrogens with one attached hydrogen (secondary N) is 1. The van der Waals surface area contributed by atoms with Crippen LogP contribution in [-0.4, -0.2) is 9.78 Å². The topological polar surface area (TPSA) is 61.6 Å². The minimum atomic E-state index is 0.00635. The van der Waals surface area contributed by atoms with Gasteiger partial charge in [0.1, 0.15) is 0 Å². The van der Waals surface area contributed by atoms with Crippen molar-refractivity contribution in [1.29, 1.82) is 5.26 Å². The summed E-state index contributed by atoms with van der Waals surface area (Å²) in [5.41, 5.74) is 3.34. The van der Waals surface area contributed by atoms with Crippen LogP contribution in [0.25, 0.3) is 0 Å². The smallest absolute Gasteiger partial charge is 0.269 e. The third kappa shape index (κ3) is 2.13. The molecule has 0 aliphatic rings. The van der Waals surface area contributed by atoms with Gasteiger partial charge >= 0.3 is 0 Å². The Labute approximate surface area is 99.1 Å². The fourth-order valence-electron chi connectivity index (χ4n) is 1.84. The molecule has 0 bridgehead atoms. The molecule has 0 unspecified atom stereocenters. The highest BCUT2D eigenvalue weighted by Crippen LogP contribution is 2.10. The highest BCUT2D eigenvalue weighted by Gasteiger charge is 2.09. The van der Waals surface area contributed by atoms with E-state index in [9.17, 15) is 4.79 Å². The summed E-state index contributed by atoms with van der Waals surface area (Å²) in [5, 5.41) is 11.7. The van der Waals surface area contributed by atoms with Crippen LogP contribution in [0.3, 0.4) is 0 Å². The fourth-order valence-corrected chi connectivity index (χ4v) is 1.84. The molecule has 4 nitrogen and oxygen atoms in total. The first kappa shape index (κ1) is 11.2. The zero-order chi connectivity index (χ0) is 12.4. The number of H-pyrrole nitrogens is 1. The van der Waals surface area contributed by atoms with E-state index in [1.165, 1.54) is 4.68 Å². The van der Waals surface area contributed by atoms with Gasteiger partial charge in [-0.15, -0.1) is 0 Å². The molecule has 1 heterocycles. The number of nitrogens with zero attached hydrogens (tertiary/aromatic N) is 2.